The zero-order chi connectivity index (χ0) is 52.5. The number of rotatable bonds is 60. The number of carbonyl (C=O) groups is 3. The number of esters is 3. The Morgan fingerprint density at radius 1 is 0.292 bits per heavy atom. The first-order valence-electron chi connectivity index (χ1n) is 32.8. The van der Waals surface area contributed by atoms with Crippen molar-refractivity contribution in [3.8, 4) is 0 Å². The highest BCUT2D eigenvalue weighted by molar-refractivity contribution is 5.71. The van der Waals surface area contributed by atoms with Crippen LogP contribution in [-0.2, 0) is 28.6 Å². The van der Waals surface area contributed by atoms with Crippen LogP contribution in [0, 0.1) is 11.8 Å². The van der Waals surface area contributed by atoms with E-state index in [0.717, 1.165) is 69.6 Å². The maximum absolute atomic E-state index is 12.9. The van der Waals surface area contributed by atoms with Crippen molar-refractivity contribution in [3.63, 3.8) is 0 Å². The Kier molecular flexibility index (Phi) is 57.4. The molecule has 2 atom stereocenters. The predicted molar refractivity (Wildman–Crippen MR) is 312 cm³/mol. The fraction of sp³-hybridized carbons (Fsp3) is 0.955. The summed E-state index contributed by atoms with van der Waals surface area (Å²) in [6.45, 7) is 11.5. The van der Waals surface area contributed by atoms with E-state index in [1.165, 1.54) is 263 Å². The Morgan fingerprint density at radius 2 is 0.528 bits per heavy atom. The number of hydrogen-bond acceptors (Lipinski definition) is 6. The lowest BCUT2D eigenvalue weighted by atomic mass is 9.99. The SMILES string of the molecule is CCCCCCCCCCCCCCCCC(=O)OC[C@@H](COC(=O)CCCCCCCCCCCCCCCCCCCCC(C)CC)OC(=O)CCCCCCCCCCCCCCCCCC(C)C. The molecule has 6 heteroatoms. The summed E-state index contributed by atoms with van der Waals surface area (Å²) < 4.78 is 17.0. The highest BCUT2D eigenvalue weighted by Crippen LogP contribution is 2.19. The third-order valence-electron chi connectivity index (χ3n) is 15.6. The molecule has 0 aromatic rings. The molecule has 0 heterocycles. The van der Waals surface area contributed by atoms with Gasteiger partial charge in [0.1, 0.15) is 13.2 Å². The lowest BCUT2D eigenvalue weighted by Crippen LogP contribution is -2.30. The zero-order valence-corrected chi connectivity index (χ0v) is 49.6. The summed E-state index contributed by atoms with van der Waals surface area (Å²) in [4.78, 5) is 38.3. The molecule has 1 unspecified atom stereocenters. The van der Waals surface area contributed by atoms with Gasteiger partial charge in [0.15, 0.2) is 6.10 Å². The van der Waals surface area contributed by atoms with E-state index in [9.17, 15) is 14.4 Å². The minimum atomic E-state index is -0.764. The summed E-state index contributed by atoms with van der Waals surface area (Å²) in [6, 6.07) is 0. The molecule has 0 rings (SSSR count). The van der Waals surface area contributed by atoms with Gasteiger partial charge in [-0.2, -0.15) is 0 Å². The maximum atomic E-state index is 12.9. The molecular weight excluding hydrogens is 889 g/mol. The van der Waals surface area contributed by atoms with Gasteiger partial charge < -0.3 is 14.2 Å². The van der Waals surface area contributed by atoms with Crippen LogP contribution in [-0.4, -0.2) is 37.2 Å². The van der Waals surface area contributed by atoms with Crippen molar-refractivity contribution >= 4 is 17.9 Å². The van der Waals surface area contributed by atoms with Gasteiger partial charge in [0.2, 0.25) is 0 Å². The lowest BCUT2D eigenvalue weighted by molar-refractivity contribution is -0.167. The molecule has 0 amide bonds. The molecule has 0 bridgehead atoms. The normalized spacial score (nSPS) is 12.4. The standard InChI is InChI=1S/C66H128O6/c1-6-8-9-10-11-12-13-14-26-31-36-41-46-51-56-64(67)70-59-63(72-66(69)58-53-48-43-38-33-28-23-19-20-24-29-34-39-44-49-54-61(3)4)60-71-65(68)57-52-47-42-37-32-27-22-18-16-15-17-21-25-30-35-40-45-50-55-62(5)7-2/h61-63H,6-60H2,1-5H3/t62?,63-/m0/s1. The van der Waals surface area contributed by atoms with Crippen LogP contribution in [0.3, 0.4) is 0 Å². The fourth-order valence-electron chi connectivity index (χ4n) is 10.3. The summed E-state index contributed by atoms with van der Waals surface area (Å²) >= 11 is 0. The van der Waals surface area contributed by atoms with Crippen LogP contribution in [0.5, 0.6) is 0 Å². The van der Waals surface area contributed by atoms with Crippen LogP contribution in [0.1, 0.15) is 375 Å². The quantitative estimate of drug-likeness (QED) is 0.0343. The van der Waals surface area contributed by atoms with Crippen molar-refractivity contribution in [2.75, 3.05) is 13.2 Å². The maximum Gasteiger partial charge on any atom is 0.306 e. The van der Waals surface area contributed by atoms with Crippen molar-refractivity contribution < 1.29 is 28.6 Å². The van der Waals surface area contributed by atoms with Crippen LogP contribution >= 0.6 is 0 Å². The molecule has 6 nitrogen and oxygen atoms in total. The second-order valence-corrected chi connectivity index (χ2v) is 23.5. The second-order valence-electron chi connectivity index (χ2n) is 23.5. The molecule has 0 fully saturated rings. The first kappa shape index (κ1) is 70.4. The molecule has 0 spiro atoms. The molecule has 0 saturated carbocycles. The minimum absolute atomic E-state index is 0.0616. The smallest absolute Gasteiger partial charge is 0.306 e. The summed E-state index contributed by atoms with van der Waals surface area (Å²) in [5, 5.41) is 0. The van der Waals surface area contributed by atoms with E-state index in [4.69, 9.17) is 14.2 Å². The monoisotopic (exact) mass is 1020 g/mol. The van der Waals surface area contributed by atoms with Gasteiger partial charge in [0.25, 0.3) is 0 Å². The molecule has 0 saturated heterocycles. The summed E-state index contributed by atoms with van der Waals surface area (Å²) in [5.41, 5.74) is 0. The van der Waals surface area contributed by atoms with Crippen molar-refractivity contribution in [3.05, 3.63) is 0 Å². The second kappa shape index (κ2) is 58.7. The van der Waals surface area contributed by atoms with Gasteiger partial charge in [-0.1, -0.05) is 336 Å². The van der Waals surface area contributed by atoms with E-state index in [0.29, 0.717) is 19.3 Å². The molecule has 0 aromatic heterocycles. The first-order chi connectivity index (χ1) is 35.3. The van der Waals surface area contributed by atoms with Crippen molar-refractivity contribution in [2.45, 2.75) is 381 Å². The molecule has 0 aliphatic heterocycles. The van der Waals surface area contributed by atoms with E-state index in [1.54, 1.807) is 0 Å². The number of carbonyl (C=O) groups excluding carboxylic acids is 3. The highest BCUT2D eigenvalue weighted by Gasteiger charge is 2.19. The fourth-order valence-corrected chi connectivity index (χ4v) is 10.3. The van der Waals surface area contributed by atoms with Crippen LogP contribution in [0.4, 0.5) is 0 Å². The molecule has 0 aromatic carbocycles. The van der Waals surface area contributed by atoms with Gasteiger partial charge in [-0.3, -0.25) is 14.4 Å². The van der Waals surface area contributed by atoms with E-state index in [2.05, 4.69) is 34.6 Å². The van der Waals surface area contributed by atoms with E-state index in [-0.39, 0.29) is 31.1 Å². The predicted octanol–water partition coefficient (Wildman–Crippen LogP) is 22.0. The molecule has 0 aliphatic rings. The molecule has 0 aliphatic carbocycles. The van der Waals surface area contributed by atoms with E-state index in [1.807, 2.05) is 0 Å². The molecule has 0 radical (unpaired) electrons. The largest absolute Gasteiger partial charge is 0.462 e. The Labute approximate surface area is 450 Å². The number of hydrogen-bond donors (Lipinski definition) is 0. The Hall–Kier alpha value is -1.59. The Bertz CT molecular complexity index is 1110. The molecule has 428 valence electrons. The lowest BCUT2D eigenvalue weighted by Gasteiger charge is -2.18. The summed E-state index contributed by atoms with van der Waals surface area (Å²) in [5.74, 6) is 0.929. The molecule has 72 heavy (non-hydrogen) atoms. The molecular formula is C66H128O6. The van der Waals surface area contributed by atoms with Crippen LogP contribution in [0.2, 0.25) is 0 Å². The van der Waals surface area contributed by atoms with Crippen molar-refractivity contribution in [1.82, 2.24) is 0 Å². The van der Waals surface area contributed by atoms with Crippen LogP contribution < -0.4 is 0 Å². The summed E-state index contributed by atoms with van der Waals surface area (Å²) in [6.07, 6.45) is 65.3. The Balaban J connectivity index is 4.25. The number of unbranched alkanes of at least 4 members (excludes halogenated alkanes) is 44. The van der Waals surface area contributed by atoms with Crippen LogP contribution in [0.25, 0.3) is 0 Å². The first-order valence-corrected chi connectivity index (χ1v) is 32.8. The number of ether oxygens (including phenoxy) is 3. The Morgan fingerprint density at radius 3 is 0.792 bits per heavy atom. The van der Waals surface area contributed by atoms with Gasteiger partial charge in [0.05, 0.1) is 0 Å². The van der Waals surface area contributed by atoms with Gasteiger partial charge >= 0.3 is 17.9 Å². The average molecular weight is 1020 g/mol. The zero-order valence-electron chi connectivity index (χ0n) is 49.6. The van der Waals surface area contributed by atoms with Gasteiger partial charge in [-0.15, -0.1) is 0 Å². The van der Waals surface area contributed by atoms with E-state index < -0.39 is 6.10 Å². The van der Waals surface area contributed by atoms with Crippen molar-refractivity contribution in [2.24, 2.45) is 11.8 Å². The third kappa shape index (κ3) is 57.7. The third-order valence-corrected chi connectivity index (χ3v) is 15.6. The van der Waals surface area contributed by atoms with Gasteiger partial charge in [0, 0.05) is 19.3 Å². The topological polar surface area (TPSA) is 78.9 Å². The molecule has 0 N–H and O–H groups in total. The van der Waals surface area contributed by atoms with Crippen molar-refractivity contribution in [1.29, 1.82) is 0 Å². The van der Waals surface area contributed by atoms with Crippen LogP contribution in [0.15, 0.2) is 0 Å². The van der Waals surface area contributed by atoms with E-state index >= 15 is 0 Å². The van der Waals surface area contributed by atoms with Gasteiger partial charge in [-0.25, -0.2) is 0 Å². The van der Waals surface area contributed by atoms with Gasteiger partial charge in [-0.05, 0) is 31.1 Å². The summed E-state index contributed by atoms with van der Waals surface area (Å²) in [7, 11) is 0. The minimum Gasteiger partial charge on any atom is -0.462 e. The highest BCUT2D eigenvalue weighted by atomic mass is 16.6. The average Bonchev–Trinajstić information content (AvgIpc) is 3.37.